The molecule has 0 radical (unpaired) electrons. The fourth-order valence-electron chi connectivity index (χ4n) is 1.66. The van der Waals surface area contributed by atoms with E-state index in [4.69, 9.17) is 5.73 Å². The summed E-state index contributed by atoms with van der Waals surface area (Å²) in [6.07, 6.45) is 3.40. The summed E-state index contributed by atoms with van der Waals surface area (Å²) in [6, 6.07) is -0.328. The Morgan fingerprint density at radius 1 is 1.71 bits per heavy atom. The molecule has 0 amide bonds. The number of aromatic nitrogens is 1. The molecule has 0 saturated heterocycles. The highest BCUT2D eigenvalue weighted by Gasteiger charge is 2.30. The average Bonchev–Trinajstić information content (AvgIpc) is 2.47. The van der Waals surface area contributed by atoms with E-state index in [2.05, 4.69) is 4.98 Å². The SMILES string of the molecule is Cc1nc(C(=O)C(N)C2CCC2)cs1. The van der Waals surface area contributed by atoms with Crippen LogP contribution in [-0.2, 0) is 0 Å². The monoisotopic (exact) mass is 210 g/mol. The van der Waals surface area contributed by atoms with E-state index in [1.54, 1.807) is 5.38 Å². The van der Waals surface area contributed by atoms with Crippen molar-refractivity contribution in [1.82, 2.24) is 4.98 Å². The smallest absolute Gasteiger partial charge is 0.198 e. The van der Waals surface area contributed by atoms with Crippen molar-refractivity contribution in [1.29, 1.82) is 0 Å². The van der Waals surface area contributed by atoms with Gasteiger partial charge in [0.1, 0.15) is 5.69 Å². The van der Waals surface area contributed by atoms with Crippen LogP contribution in [0.1, 0.15) is 34.8 Å². The molecule has 1 aliphatic carbocycles. The number of nitrogens with zero attached hydrogens (tertiary/aromatic N) is 1. The van der Waals surface area contributed by atoms with Gasteiger partial charge in [0.15, 0.2) is 5.78 Å². The van der Waals surface area contributed by atoms with Gasteiger partial charge in [-0.2, -0.15) is 0 Å². The highest BCUT2D eigenvalue weighted by molar-refractivity contribution is 7.09. The molecule has 3 nitrogen and oxygen atoms in total. The summed E-state index contributed by atoms with van der Waals surface area (Å²) in [6.45, 7) is 1.90. The van der Waals surface area contributed by atoms with E-state index >= 15 is 0 Å². The third kappa shape index (κ3) is 1.72. The number of ketones is 1. The topological polar surface area (TPSA) is 56.0 Å². The maximum absolute atomic E-state index is 11.8. The van der Waals surface area contributed by atoms with Gasteiger partial charge in [-0.25, -0.2) is 4.98 Å². The number of carbonyl (C=O) groups excluding carboxylic acids is 1. The lowest BCUT2D eigenvalue weighted by molar-refractivity contribution is 0.0892. The molecule has 0 spiro atoms. The number of thiazole rings is 1. The van der Waals surface area contributed by atoms with Crippen molar-refractivity contribution in [3.63, 3.8) is 0 Å². The van der Waals surface area contributed by atoms with E-state index in [1.165, 1.54) is 17.8 Å². The van der Waals surface area contributed by atoms with Crippen molar-refractivity contribution < 1.29 is 4.79 Å². The number of carbonyl (C=O) groups is 1. The van der Waals surface area contributed by atoms with Gasteiger partial charge in [0.2, 0.25) is 0 Å². The van der Waals surface area contributed by atoms with E-state index < -0.39 is 0 Å². The van der Waals surface area contributed by atoms with Gasteiger partial charge in [0.05, 0.1) is 11.0 Å². The fraction of sp³-hybridized carbons (Fsp3) is 0.600. The van der Waals surface area contributed by atoms with Crippen LogP contribution in [0.2, 0.25) is 0 Å². The zero-order valence-electron chi connectivity index (χ0n) is 8.19. The Morgan fingerprint density at radius 2 is 2.43 bits per heavy atom. The predicted molar refractivity (Wildman–Crippen MR) is 56.5 cm³/mol. The lowest BCUT2D eigenvalue weighted by Gasteiger charge is -2.29. The third-order valence-electron chi connectivity index (χ3n) is 2.83. The van der Waals surface area contributed by atoms with Crippen LogP contribution in [0, 0.1) is 12.8 Å². The van der Waals surface area contributed by atoms with Crippen LogP contribution in [-0.4, -0.2) is 16.8 Å². The molecule has 1 atom stereocenters. The minimum atomic E-state index is -0.328. The van der Waals surface area contributed by atoms with Gasteiger partial charge in [-0.05, 0) is 25.7 Å². The van der Waals surface area contributed by atoms with E-state index in [1.807, 2.05) is 6.92 Å². The Bertz CT molecular complexity index is 344. The van der Waals surface area contributed by atoms with Gasteiger partial charge < -0.3 is 5.73 Å². The largest absolute Gasteiger partial charge is 0.321 e. The maximum Gasteiger partial charge on any atom is 0.198 e. The Morgan fingerprint density at radius 3 is 2.86 bits per heavy atom. The molecule has 1 saturated carbocycles. The molecular formula is C10H14N2OS. The zero-order chi connectivity index (χ0) is 10.1. The van der Waals surface area contributed by atoms with Crippen LogP contribution < -0.4 is 5.73 Å². The van der Waals surface area contributed by atoms with Gasteiger partial charge in [0, 0.05) is 5.38 Å². The minimum absolute atomic E-state index is 0.0130. The van der Waals surface area contributed by atoms with Crippen LogP contribution >= 0.6 is 11.3 Å². The molecule has 1 unspecified atom stereocenters. The highest BCUT2D eigenvalue weighted by atomic mass is 32.1. The van der Waals surface area contributed by atoms with Crippen molar-refractivity contribution in [2.24, 2.45) is 11.7 Å². The number of hydrogen-bond donors (Lipinski definition) is 1. The summed E-state index contributed by atoms with van der Waals surface area (Å²) in [7, 11) is 0. The van der Waals surface area contributed by atoms with E-state index in [0.717, 1.165) is 17.8 Å². The second-order valence-electron chi connectivity index (χ2n) is 3.83. The quantitative estimate of drug-likeness (QED) is 0.773. The van der Waals surface area contributed by atoms with Crippen molar-refractivity contribution in [2.75, 3.05) is 0 Å². The number of aryl methyl sites for hydroxylation is 1. The molecule has 0 aromatic carbocycles. The summed E-state index contributed by atoms with van der Waals surface area (Å²) in [5.41, 5.74) is 6.43. The third-order valence-corrected chi connectivity index (χ3v) is 3.61. The fourth-order valence-corrected chi connectivity index (χ4v) is 2.26. The first-order valence-corrected chi connectivity index (χ1v) is 5.78. The highest BCUT2D eigenvalue weighted by Crippen LogP contribution is 2.30. The first kappa shape index (κ1) is 9.80. The molecule has 1 aromatic rings. The molecule has 1 fully saturated rings. The average molecular weight is 210 g/mol. The van der Waals surface area contributed by atoms with Crippen molar-refractivity contribution in [3.8, 4) is 0 Å². The lowest BCUT2D eigenvalue weighted by Crippen LogP contribution is -2.41. The molecule has 2 N–H and O–H groups in total. The van der Waals surface area contributed by atoms with E-state index in [9.17, 15) is 4.79 Å². The number of rotatable bonds is 3. The molecule has 1 aromatic heterocycles. The number of hydrogen-bond acceptors (Lipinski definition) is 4. The second kappa shape index (κ2) is 3.79. The van der Waals surface area contributed by atoms with Crippen LogP contribution in [0.3, 0.4) is 0 Å². The van der Waals surface area contributed by atoms with E-state index in [0.29, 0.717) is 11.6 Å². The Labute approximate surface area is 87.3 Å². The van der Waals surface area contributed by atoms with Crippen LogP contribution in [0.5, 0.6) is 0 Å². The van der Waals surface area contributed by atoms with Gasteiger partial charge in [-0.3, -0.25) is 4.79 Å². The summed E-state index contributed by atoms with van der Waals surface area (Å²) in [5, 5.41) is 2.73. The molecule has 0 bridgehead atoms. The number of nitrogens with two attached hydrogens (primary N) is 1. The van der Waals surface area contributed by atoms with Gasteiger partial charge in [0.25, 0.3) is 0 Å². The molecule has 1 aliphatic rings. The van der Waals surface area contributed by atoms with Gasteiger partial charge >= 0.3 is 0 Å². The summed E-state index contributed by atoms with van der Waals surface area (Å²) in [4.78, 5) is 16.0. The lowest BCUT2D eigenvalue weighted by atomic mass is 9.78. The van der Waals surface area contributed by atoms with Crippen LogP contribution in [0.25, 0.3) is 0 Å². The molecule has 1 heterocycles. The molecule has 0 aliphatic heterocycles. The van der Waals surface area contributed by atoms with Crippen molar-refractivity contribution >= 4 is 17.1 Å². The first-order chi connectivity index (χ1) is 6.68. The van der Waals surface area contributed by atoms with Crippen molar-refractivity contribution in [2.45, 2.75) is 32.2 Å². The first-order valence-electron chi connectivity index (χ1n) is 4.90. The zero-order valence-corrected chi connectivity index (χ0v) is 9.01. The summed E-state index contributed by atoms with van der Waals surface area (Å²) >= 11 is 1.50. The van der Waals surface area contributed by atoms with E-state index in [-0.39, 0.29) is 11.8 Å². The van der Waals surface area contributed by atoms with Crippen molar-refractivity contribution in [3.05, 3.63) is 16.1 Å². The van der Waals surface area contributed by atoms with Gasteiger partial charge in [-0.1, -0.05) is 6.42 Å². The maximum atomic E-state index is 11.8. The van der Waals surface area contributed by atoms with Crippen LogP contribution in [0.15, 0.2) is 5.38 Å². The second-order valence-corrected chi connectivity index (χ2v) is 4.90. The molecule has 4 heteroatoms. The van der Waals surface area contributed by atoms with Gasteiger partial charge in [-0.15, -0.1) is 11.3 Å². The summed E-state index contributed by atoms with van der Waals surface area (Å²) < 4.78 is 0. The predicted octanol–water partition coefficient (Wildman–Crippen LogP) is 1.76. The molecule has 2 rings (SSSR count). The summed E-state index contributed by atoms with van der Waals surface area (Å²) in [5.74, 6) is 0.406. The Kier molecular flexibility index (Phi) is 2.65. The van der Waals surface area contributed by atoms with Crippen LogP contribution in [0.4, 0.5) is 0 Å². The minimum Gasteiger partial charge on any atom is -0.321 e. The Balaban J connectivity index is 2.07. The standard InChI is InChI=1S/C10H14N2OS/c1-6-12-8(5-14-6)10(13)9(11)7-3-2-4-7/h5,7,9H,2-4,11H2,1H3. The Hall–Kier alpha value is -0.740. The number of Topliss-reactive ketones (excluding diaryl/α,β-unsaturated/α-hetero) is 1. The molecule has 14 heavy (non-hydrogen) atoms. The molecule has 76 valence electrons. The molecular weight excluding hydrogens is 196 g/mol. The normalized spacial score (nSPS) is 19.0.